The van der Waals surface area contributed by atoms with Crippen LogP contribution in [-0.2, 0) is 11.0 Å². The molecule has 1 heterocycles. The van der Waals surface area contributed by atoms with Gasteiger partial charge in [0.15, 0.2) is 0 Å². The van der Waals surface area contributed by atoms with Crippen LogP contribution in [0.2, 0.25) is 0 Å². The van der Waals surface area contributed by atoms with Crippen molar-refractivity contribution < 1.29 is 23.1 Å². The van der Waals surface area contributed by atoms with Crippen molar-refractivity contribution in [1.82, 2.24) is 10.2 Å². The van der Waals surface area contributed by atoms with Gasteiger partial charge in [0.25, 0.3) is 0 Å². The zero-order valence-electron chi connectivity index (χ0n) is 9.00. The van der Waals surface area contributed by atoms with Gasteiger partial charge in [0.05, 0.1) is 0 Å². The molecule has 0 fully saturated rings. The molecule has 0 aliphatic rings. The molecule has 0 aromatic carbocycles. The molecule has 0 spiro atoms. The standard InChI is InChI=1S/C8H10F3N3O2S/c1-3-7(2,5(15)16)12-6-14-13-4(17-6)8(9,10)11/h3H2,1-2H3,(H,12,14)(H,15,16). The minimum absolute atomic E-state index is 0.163. The number of aromatic nitrogens is 2. The zero-order chi connectivity index (χ0) is 13.3. The van der Waals surface area contributed by atoms with Crippen molar-refractivity contribution in [3.05, 3.63) is 5.01 Å². The third-order valence-corrected chi connectivity index (χ3v) is 3.11. The Balaban J connectivity index is 2.89. The van der Waals surface area contributed by atoms with Gasteiger partial charge in [0.1, 0.15) is 5.54 Å². The maximum atomic E-state index is 12.2. The van der Waals surface area contributed by atoms with Crippen LogP contribution in [0.3, 0.4) is 0 Å². The number of rotatable bonds is 4. The summed E-state index contributed by atoms with van der Waals surface area (Å²) in [5, 5.41) is 16.3. The fourth-order valence-corrected chi connectivity index (χ4v) is 1.66. The monoisotopic (exact) mass is 269 g/mol. The number of carbonyl (C=O) groups is 1. The van der Waals surface area contributed by atoms with E-state index in [1.165, 1.54) is 6.92 Å². The average molecular weight is 269 g/mol. The van der Waals surface area contributed by atoms with Gasteiger partial charge in [0, 0.05) is 0 Å². The molecule has 0 radical (unpaired) electrons. The first kappa shape index (κ1) is 13.7. The van der Waals surface area contributed by atoms with Gasteiger partial charge < -0.3 is 10.4 Å². The van der Waals surface area contributed by atoms with Crippen LogP contribution < -0.4 is 5.32 Å². The lowest BCUT2D eigenvalue weighted by molar-refractivity contribution is -0.142. The van der Waals surface area contributed by atoms with Crippen molar-refractivity contribution in [2.75, 3.05) is 5.32 Å². The number of halogens is 3. The van der Waals surface area contributed by atoms with Crippen LogP contribution >= 0.6 is 11.3 Å². The molecule has 0 saturated heterocycles. The van der Waals surface area contributed by atoms with E-state index in [9.17, 15) is 18.0 Å². The Labute approximate surface area is 98.7 Å². The maximum Gasteiger partial charge on any atom is 0.445 e. The van der Waals surface area contributed by atoms with Crippen molar-refractivity contribution in [2.45, 2.75) is 32.0 Å². The molecule has 5 nitrogen and oxygen atoms in total. The van der Waals surface area contributed by atoms with Gasteiger partial charge in [-0.05, 0) is 13.3 Å². The molecule has 2 N–H and O–H groups in total. The number of nitrogens with one attached hydrogen (secondary N) is 1. The van der Waals surface area contributed by atoms with E-state index in [4.69, 9.17) is 5.11 Å². The molecule has 0 aliphatic heterocycles. The van der Waals surface area contributed by atoms with Crippen LogP contribution in [0.1, 0.15) is 25.3 Å². The number of alkyl halides is 3. The molecular weight excluding hydrogens is 259 g/mol. The van der Waals surface area contributed by atoms with E-state index in [1.54, 1.807) is 6.92 Å². The van der Waals surface area contributed by atoms with Crippen molar-refractivity contribution in [1.29, 1.82) is 0 Å². The van der Waals surface area contributed by atoms with E-state index < -0.39 is 22.7 Å². The number of hydrogen-bond donors (Lipinski definition) is 2. The maximum absolute atomic E-state index is 12.2. The molecule has 0 saturated carbocycles. The number of anilines is 1. The summed E-state index contributed by atoms with van der Waals surface area (Å²) in [6.07, 6.45) is -4.37. The molecule has 0 aliphatic carbocycles. The second kappa shape index (κ2) is 4.47. The van der Waals surface area contributed by atoms with Crippen LogP contribution in [0.5, 0.6) is 0 Å². The molecule has 96 valence electrons. The van der Waals surface area contributed by atoms with Crippen molar-refractivity contribution in [3.8, 4) is 0 Å². The predicted octanol–water partition coefficient (Wildman–Crippen LogP) is 2.22. The first-order chi connectivity index (χ1) is 7.69. The Bertz CT molecular complexity index is 420. The smallest absolute Gasteiger partial charge is 0.445 e. The van der Waals surface area contributed by atoms with Gasteiger partial charge >= 0.3 is 12.1 Å². The minimum Gasteiger partial charge on any atom is -0.480 e. The SMILES string of the molecule is CCC(C)(Nc1nnc(C(F)(F)F)s1)C(=O)O. The number of aliphatic carboxylic acids is 1. The average Bonchev–Trinajstić information content (AvgIpc) is 2.65. The lowest BCUT2D eigenvalue weighted by atomic mass is 10.00. The van der Waals surface area contributed by atoms with Crippen molar-refractivity contribution in [3.63, 3.8) is 0 Å². The molecule has 1 atom stereocenters. The van der Waals surface area contributed by atoms with Crippen LogP contribution in [0.25, 0.3) is 0 Å². The van der Waals surface area contributed by atoms with Crippen molar-refractivity contribution in [2.24, 2.45) is 0 Å². The number of hydrogen-bond acceptors (Lipinski definition) is 5. The Morgan fingerprint density at radius 3 is 2.41 bits per heavy atom. The highest BCUT2D eigenvalue weighted by atomic mass is 32.1. The summed E-state index contributed by atoms with van der Waals surface area (Å²) < 4.78 is 36.7. The van der Waals surface area contributed by atoms with E-state index in [2.05, 4.69) is 15.5 Å². The van der Waals surface area contributed by atoms with E-state index in [-0.39, 0.29) is 22.9 Å². The number of carboxylic acids is 1. The summed E-state index contributed by atoms with van der Waals surface area (Å²) in [6.45, 7) is 2.97. The Kier molecular flexibility index (Phi) is 3.60. The first-order valence-electron chi connectivity index (χ1n) is 4.61. The highest BCUT2D eigenvalue weighted by molar-refractivity contribution is 7.15. The molecular formula is C8H10F3N3O2S. The highest BCUT2D eigenvalue weighted by Gasteiger charge is 2.37. The third kappa shape index (κ3) is 3.05. The molecule has 1 unspecified atom stereocenters. The van der Waals surface area contributed by atoms with Crippen LogP contribution in [0.15, 0.2) is 0 Å². The summed E-state index contributed by atoms with van der Waals surface area (Å²) in [6, 6.07) is 0. The second-order valence-corrected chi connectivity index (χ2v) is 4.50. The van der Waals surface area contributed by atoms with E-state index >= 15 is 0 Å². The normalized spacial score (nSPS) is 15.4. The summed E-state index contributed by atoms with van der Waals surface area (Å²) in [5.74, 6) is -1.16. The third-order valence-electron chi connectivity index (χ3n) is 2.23. The van der Waals surface area contributed by atoms with Gasteiger partial charge in [-0.1, -0.05) is 18.3 Å². The van der Waals surface area contributed by atoms with Gasteiger partial charge in [-0.15, -0.1) is 10.2 Å². The zero-order valence-corrected chi connectivity index (χ0v) is 9.82. The first-order valence-corrected chi connectivity index (χ1v) is 5.43. The van der Waals surface area contributed by atoms with Gasteiger partial charge in [-0.25, -0.2) is 4.79 Å². The largest absolute Gasteiger partial charge is 0.480 e. The highest BCUT2D eigenvalue weighted by Crippen LogP contribution is 2.34. The van der Waals surface area contributed by atoms with Crippen LogP contribution in [0, 0.1) is 0 Å². The van der Waals surface area contributed by atoms with Crippen molar-refractivity contribution >= 4 is 22.4 Å². The summed E-state index contributed by atoms with van der Waals surface area (Å²) in [4.78, 5) is 10.9. The quantitative estimate of drug-likeness (QED) is 0.876. The Morgan fingerprint density at radius 2 is 2.06 bits per heavy atom. The summed E-state index contributed by atoms with van der Waals surface area (Å²) in [7, 11) is 0. The lowest BCUT2D eigenvalue weighted by Crippen LogP contribution is -2.42. The topological polar surface area (TPSA) is 75.1 Å². The van der Waals surface area contributed by atoms with E-state index in [0.29, 0.717) is 0 Å². The predicted molar refractivity (Wildman–Crippen MR) is 54.9 cm³/mol. The second-order valence-electron chi connectivity index (χ2n) is 3.53. The van der Waals surface area contributed by atoms with Crippen LogP contribution in [0.4, 0.5) is 18.3 Å². The summed E-state index contributed by atoms with van der Waals surface area (Å²) >= 11 is 0.278. The van der Waals surface area contributed by atoms with Gasteiger partial charge in [0.2, 0.25) is 10.1 Å². The van der Waals surface area contributed by atoms with Gasteiger partial charge in [-0.3, -0.25) is 0 Å². The fourth-order valence-electron chi connectivity index (χ4n) is 0.917. The molecule has 1 aromatic rings. The van der Waals surface area contributed by atoms with Crippen LogP contribution in [-0.4, -0.2) is 26.8 Å². The van der Waals surface area contributed by atoms with Gasteiger partial charge in [-0.2, -0.15) is 13.2 Å². The molecule has 1 rings (SSSR count). The Hall–Kier alpha value is -1.38. The lowest BCUT2D eigenvalue weighted by Gasteiger charge is -2.23. The summed E-state index contributed by atoms with van der Waals surface area (Å²) in [5.41, 5.74) is -1.36. The van der Waals surface area contributed by atoms with E-state index in [0.717, 1.165) is 0 Å². The molecule has 0 amide bonds. The number of nitrogens with zero attached hydrogens (tertiary/aromatic N) is 2. The minimum atomic E-state index is -4.57. The Morgan fingerprint density at radius 1 is 1.47 bits per heavy atom. The number of carboxylic acid groups (broad SMARTS) is 1. The molecule has 17 heavy (non-hydrogen) atoms. The fraction of sp³-hybridized carbons (Fsp3) is 0.625. The van der Waals surface area contributed by atoms with E-state index in [1.807, 2.05) is 0 Å². The molecule has 1 aromatic heterocycles. The molecule has 0 bridgehead atoms. The molecule has 9 heteroatoms.